The van der Waals surface area contributed by atoms with Crippen molar-refractivity contribution >= 4 is 11.9 Å². The molecule has 2 heterocycles. The second kappa shape index (κ2) is 8.93. The van der Waals surface area contributed by atoms with Crippen LogP contribution in [-0.2, 0) is 0 Å². The first kappa shape index (κ1) is 19.9. The Morgan fingerprint density at radius 2 is 1.86 bits per heavy atom. The van der Waals surface area contributed by atoms with Crippen molar-refractivity contribution < 1.29 is 14.3 Å². The summed E-state index contributed by atoms with van der Waals surface area (Å²) in [6.45, 7) is 5.99. The van der Waals surface area contributed by atoms with Crippen LogP contribution in [0.3, 0.4) is 0 Å². The number of pyridine rings is 1. The maximum absolute atomic E-state index is 11.8. The lowest BCUT2D eigenvalue weighted by Gasteiger charge is -2.38. The first-order chi connectivity index (χ1) is 13.5. The van der Waals surface area contributed by atoms with Gasteiger partial charge in [-0.25, -0.2) is 9.78 Å². The fourth-order valence-corrected chi connectivity index (χ4v) is 3.30. The van der Waals surface area contributed by atoms with Gasteiger partial charge < -0.3 is 19.3 Å². The van der Waals surface area contributed by atoms with Crippen molar-refractivity contribution in [2.24, 2.45) is 0 Å². The lowest BCUT2D eigenvalue weighted by Crippen LogP contribution is -2.47. The lowest BCUT2D eigenvalue weighted by molar-refractivity contribution is 0.170. The highest BCUT2D eigenvalue weighted by Gasteiger charge is 2.24. The van der Waals surface area contributed by atoms with Gasteiger partial charge in [-0.3, -0.25) is 4.90 Å². The molecule has 0 N–H and O–H groups in total. The molecule has 1 aromatic heterocycles. The largest absolute Gasteiger partial charge is 0.493 e. The zero-order valence-corrected chi connectivity index (χ0v) is 17.0. The standard InChI is InChI=1S/C21H28N4O3/c1-16(24-11-13-25(14-12-24)20-7-5-6-10-22-20)17-8-9-18(19(15-17)27-4)28-21(26)23(2)3/h5-10,15-16H,11-14H2,1-4H3. The lowest BCUT2D eigenvalue weighted by atomic mass is 10.1. The van der Waals surface area contributed by atoms with Gasteiger partial charge in [0.1, 0.15) is 5.82 Å². The van der Waals surface area contributed by atoms with E-state index in [1.807, 2.05) is 30.5 Å². The molecule has 1 aromatic carbocycles. The number of hydrogen-bond donors (Lipinski definition) is 0. The molecule has 7 heteroatoms. The monoisotopic (exact) mass is 384 g/mol. The number of aromatic nitrogens is 1. The molecule has 0 radical (unpaired) electrons. The first-order valence-electron chi connectivity index (χ1n) is 9.46. The Morgan fingerprint density at radius 1 is 1.11 bits per heavy atom. The molecule has 3 rings (SSSR count). The zero-order chi connectivity index (χ0) is 20.1. The number of hydrogen-bond acceptors (Lipinski definition) is 6. The highest BCUT2D eigenvalue weighted by atomic mass is 16.6. The third kappa shape index (κ3) is 4.54. The van der Waals surface area contributed by atoms with Crippen molar-refractivity contribution in [1.29, 1.82) is 0 Å². The van der Waals surface area contributed by atoms with Crippen LogP contribution in [0.1, 0.15) is 18.5 Å². The van der Waals surface area contributed by atoms with Crippen molar-refractivity contribution in [2.75, 3.05) is 52.3 Å². The third-order valence-corrected chi connectivity index (χ3v) is 5.07. The average Bonchev–Trinajstić information content (AvgIpc) is 2.74. The molecule has 1 amide bonds. The van der Waals surface area contributed by atoms with E-state index in [0.717, 1.165) is 37.6 Å². The van der Waals surface area contributed by atoms with E-state index in [0.29, 0.717) is 11.5 Å². The molecule has 28 heavy (non-hydrogen) atoms. The molecule has 0 saturated carbocycles. The first-order valence-corrected chi connectivity index (χ1v) is 9.46. The van der Waals surface area contributed by atoms with Crippen LogP contribution >= 0.6 is 0 Å². The molecule has 1 aliphatic heterocycles. The van der Waals surface area contributed by atoms with E-state index in [1.54, 1.807) is 27.3 Å². The zero-order valence-electron chi connectivity index (χ0n) is 17.0. The molecule has 0 aliphatic carbocycles. The highest BCUT2D eigenvalue weighted by Crippen LogP contribution is 2.33. The van der Waals surface area contributed by atoms with Crippen LogP contribution in [-0.4, -0.2) is 68.3 Å². The van der Waals surface area contributed by atoms with Gasteiger partial charge in [0.25, 0.3) is 0 Å². The predicted molar refractivity (Wildman–Crippen MR) is 109 cm³/mol. The Bertz CT molecular complexity index is 789. The number of piperazine rings is 1. The molecule has 150 valence electrons. The number of rotatable bonds is 5. The Morgan fingerprint density at radius 3 is 2.46 bits per heavy atom. The Kier molecular flexibility index (Phi) is 6.36. The fraction of sp³-hybridized carbons (Fsp3) is 0.429. The number of ether oxygens (including phenoxy) is 2. The molecule has 1 fully saturated rings. The molecule has 7 nitrogen and oxygen atoms in total. The van der Waals surface area contributed by atoms with E-state index >= 15 is 0 Å². The van der Waals surface area contributed by atoms with Gasteiger partial charge in [-0.05, 0) is 36.8 Å². The van der Waals surface area contributed by atoms with Gasteiger partial charge in [0.05, 0.1) is 7.11 Å². The normalized spacial score (nSPS) is 15.8. The van der Waals surface area contributed by atoms with Gasteiger partial charge in [-0.1, -0.05) is 12.1 Å². The maximum atomic E-state index is 11.8. The maximum Gasteiger partial charge on any atom is 0.414 e. The molecule has 1 saturated heterocycles. The van der Waals surface area contributed by atoms with Crippen LogP contribution in [0, 0.1) is 0 Å². The van der Waals surface area contributed by atoms with Crippen LogP contribution in [0.4, 0.5) is 10.6 Å². The van der Waals surface area contributed by atoms with Crippen LogP contribution < -0.4 is 14.4 Å². The van der Waals surface area contributed by atoms with Crippen molar-refractivity contribution in [1.82, 2.24) is 14.8 Å². The Hall–Kier alpha value is -2.80. The number of carbonyl (C=O) groups is 1. The van der Waals surface area contributed by atoms with Gasteiger partial charge in [-0.15, -0.1) is 0 Å². The van der Waals surface area contributed by atoms with Crippen LogP contribution in [0.15, 0.2) is 42.6 Å². The second-order valence-electron chi connectivity index (χ2n) is 7.06. The minimum atomic E-state index is -0.426. The summed E-state index contributed by atoms with van der Waals surface area (Å²) in [4.78, 5) is 22.4. The van der Waals surface area contributed by atoms with Crippen molar-refractivity contribution in [3.8, 4) is 11.5 Å². The molecule has 1 unspecified atom stereocenters. The molecule has 1 atom stereocenters. The SMILES string of the molecule is COc1cc(C(C)N2CCN(c3ccccn3)CC2)ccc1OC(=O)N(C)C. The third-order valence-electron chi connectivity index (χ3n) is 5.07. The van der Waals surface area contributed by atoms with Crippen LogP contribution in [0.25, 0.3) is 0 Å². The summed E-state index contributed by atoms with van der Waals surface area (Å²) in [5, 5.41) is 0. The molecule has 2 aromatic rings. The van der Waals surface area contributed by atoms with E-state index in [2.05, 4.69) is 27.8 Å². The summed E-state index contributed by atoms with van der Waals surface area (Å²) < 4.78 is 10.8. The summed E-state index contributed by atoms with van der Waals surface area (Å²) in [6.07, 6.45) is 1.41. The summed E-state index contributed by atoms with van der Waals surface area (Å²) in [5.74, 6) is 2.02. The predicted octanol–water partition coefficient (Wildman–Crippen LogP) is 3.03. The van der Waals surface area contributed by atoms with Crippen LogP contribution in [0.2, 0.25) is 0 Å². The van der Waals surface area contributed by atoms with Gasteiger partial charge in [0.2, 0.25) is 0 Å². The topological polar surface area (TPSA) is 58.1 Å². The number of nitrogens with zero attached hydrogens (tertiary/aromatic N) is 4. The van der Waals surface area contributed by atoms with Crippen molar-refractivity contribution in [3.63, 3.8) is 0 Å². The van der Waals surface area contributed by atoms with Gasteiger partial charge >= 0.3 is 6.09 Å². The molecule has 0 spiro atoms. The summed E-state index contributed by atoms with van der Waals surface area (Å²) in [5.41, 5.74) is 1.13. The number of methoxy groups -OCH3 is 1. The van der Waals surface area contributed by atoms with E-state index in [4.69, 9.17) is 9.47 Å². The van der Waals surface area contributed by atoms with E-state index < -0.39 is 6.09 Å². The molecule has 0 bridgehead atoms. The molecular formula is C21H28N4O3. The summed E-state index contributed by atoms with van der Waals surface area (Å²) >= 11 is 0. The number of carbonyl (C=O) groups excluding carboxylic acids is 1. The van der Waals surface area contributed by atoms with Gasteiger partial charge in [0, 0.05) is 52.5 Å². The van der Waals surface area contributed by atoms with E-state index in [1.165, 1.54) is 4.90 Å². The number of amides is 1. The highest BCUT2D eigenvalue weighted by molar-refractivity contribution is 5.71. The minimum absolute atomic E-state index is 0.235. The summed E-state index contributed by atoms with van der Waals surface area (Å²) in [6, 6.07) is 12.0. The second-order valence-corrected chi connectivity index (χ2v) is 7.06. The van der Waals surface area contributed by atoms with Crippen molar-refractivity contribution in [3.05, 3.63) is 48.2 Å². The number of anilines is 1. The summed E-state index contributed by atoms with van der Waals surface area (Å²) in [7, 11) is 4.88. The van der Waals surface area contributed by atoms with E-state index in [9.17, 15) is 4.79 Å². The Balaban J connectivity index is 1.66. The average molecular weight is 384 g/mol. The van der Waals surface area contributed by atoms with Gasteiger partial charge in [-0.2, -0.15) is 0 Å². The Labute approximate surface area is 166 Å². The quantitative estimate of drug-likeness (QED) is 0.790. The van der Waals surface area contributed by atoms with Gasteiger partial charge in [0.15, 0.2) is 11.5 Å². The minimum Gasteiger partial charge on any atom is -0.493 e. The smallest absolute Gasteiger partial charge is 0.414 e. The molecular weight excluding hydrogens is 356 g/mol. The fourth-order valence-electron chi connectivity index (χ4n) is 3.30. The van der Waals surface area contributed by atoms with E-state index in [-0.39, 0.29) is 6.04 Å². The van der Waals surface area contributed by atoms with Crippen LogP contribution in [0.5, 0.6) is 11.5 Å². The number of benzene rings is 1. The molecule has 1 aliphatic rings. The van der Waals surface area contributed by atoms with Crippen molar-refractivity contribution in [2.45, 2.75) is 13.0 Å².